The van der Waals surface area contributed by atoms with Crippen molar-refractivity contribution < 1.29 is 22.6 Å². The van der Waals surface area contributed by atoms with E-state index in [1.165, 1.54) is 6.07 Å². The molecule has 3 nitrogen and oxygen atoms in total. The lowest BCUT2D eigenvalue weighted by atomic mass is 10.1. The van der Waals surface area contributed by atoms with Crippen molar-refractivity contribution in [3.8, 4) is 0 Å². The van der Waals surface area contributed by atoms with Crippen LogP contribution in [0, 0.1) is 0 Å². The van der Waals surface area contributed by atoms with Crippen LogP contribution in [0.1, 0.15) is 25.0 Å². The third kappa shape index (κ3) is 4.19. The van der Waals surface area contributed by atoms with Gasteiger partial charge in [-0.15, -0.1) is 0 Å². The Bertz CT molecular complexity index is 460. The first-order valence-corrected chi connectivity index (χ1v) is 6.45. The van der Waals surface area contributed by atoms with Crippen LogP contribution in [0.25, 0.3) is 0 Å². The number of hydrogen-bond donors (Lipinski definition) is 1. The third-order valence-electron chi connectivity index (χ3n) is 3.02. The van der Waals surface area contributed by atoms with Gasteiger partial charge in [0.05, 0.1) is 18.3 Å². The molecule has 0 amide bonds. The highest BCUT2D eigenvalue weighted by Crippen LogP contribution is 2.29. The van der Waals surface area contributed by atoms with Gasteiger partial charge in [0, 0.05) is 13.1 Å². The Hall–Kier alpha value is -1.11. The lowest BCUT2D eigenvalue weighted by molar-refractivity contribution is -0.138. The second-order valence-corrected chi connectivity index (χ2v) is 5.28. The Morgan fingerprint density at radius 3 is 2.70 bits per heavy atom. The van der Waals surface area contributed by atoms with E-state index in [0.717, 1.165) is 12.1 Å². The highest BCUT2D eigenvalue weighted by atomic mass is 19.4. The number of hydrogen-bond acceptors (Lipinski definition) is 3. The fraction of sp³-hybridized carbons (Fsp3) is 0.571. The number of ether oxygens (including phenoxy) is 2. The fourth-order valence-corrected chi connectivity index (χ4v) is 2.10. The normalized spacial score (nSPS) is 22.1. The minimum absolute atomic E-state index is 0.0733. The summed E-state index contributed by atoms with van der Waals surface area (Å²) in [5, 5.41) is 3.09. The minimum atomic E-state index is -4.30. The summed E-state index contributed by atoms with van der Waals surface area (Å²) in [4.78, 5) is 0. The quantitative estimate of drug-likeness (QED) is 0.924. The van der Waals surface area contributed by atoms with Gasteiger partial charge in [-0.05, 0) is 25.5 Å². The van der Waals surface area contributed by atoms with Crippen LogP contribution in [-0.4, -0.2) is 25.0 Å². The number of nitrogens with one attached hydrogen (secondary N) is 1. The molecule has 0 radical (unpaired) electrons. The summed E-state index contributed by atoms with van der Waals surface area (Å²) in [6, 6.07) is 5.30. The number of halogens is 3. The van der Waals surface area contributed by atoms with Gasteiger partial charge in [-0.2, -0.15) is 13.2 Å². The summed E-state index contributed by atoms with van der Waals surface area (Å²) in [5.74, 6) is -0.581. The van der Waals surface area contributed by atoms with Crippen molar-refractivity contribution in [2.75, 3.05) is 13.2 Å². The third-order valence-corrected chi connectivity index (χ3v) is 3.02. The average Bonchev–Trinajstić information content (AvgIpc) is 2.68. The molecule has 0 aliphatic carbocycles. The zero-order chi connectivity index (χ0) is 14.8. The molecule has 0 aromatic heterocycles. The molecule has 1 aromatic rings. The molecule has 0 bridgehead atoms. The Labute approximate surface area is 116 Å². The van der Waals surface area contributed by atoms with Crippen molar-refractivity contribution in [2.45, 2.75) is 38.5 Å². The minimum Gasteiger partial charge on any atom is -0.348 e. The molecule has 0 saturated carbocycles. The van der Waals surface area contributed by atoms with E-state index in [4.69, 9.17) is 9.47 Å². The second kappa shape index (κ2) is 5.71. The van der Waals surface area contributed by atoms with Gasteiger partial charge >= 0.3 is 6.18 Å². The van der Waals surface area contributed by atoms with Crippen molar-refractivity contribution in [3.63, 3.8) is 0 Å². The van der Waals surface area contributed by atoms with Gasteiger partial charge in [0.15, 0.2) is 5.79 Å². The van der Waals surface area contributed by atoms with Gasteiger partial charge in [-0.1, -0.05) is 18.2 Å². The molecular weight excluding hydrogens is 271 g/mol. The van der Waals surface area contributed by atoms with Crippen LogP contribution in [0.5, 0.6) is 0 Å². The SMILES string of the molecule is CC1(C)OCC(CNCc2cccc(C(F)(F)F)c2)O1. The first-order chi connectivity index (χ1) is 9.26. The maximum absolute atomic E-state index is 12.6. The molecule has 1 aromatic carbocycles. The van der Waals surface area contributed by atoms with Gasteiger partial charge in [-0.3, -0.25) is 0 Å². The lowest BCUT2D eigenvalue weighted by Gasteiger charge is -2.17. The molecule has 1 N–H and O–H groups in total. The lowest BCUT2D eigenvalue weighted by Crippen LogP contribution is -2.30. The Morgan fingerprint density at radius 2 is 2.10 bits per heavy atom. The number of alkyl halides is 3. The van der Waals surface area contributed by atoms with Gasteiger partial charge in [0.25, 0.3) is 0 Å². The summed E-state index contributed by atoms with van der Waals surface area (Å²) in [6.45, 7) is 5.06. The van der Waals surface area contributed by atoms with Gasteiger partial charge < -0.3 is 14.8 Å². The fourth-order valence-electron chi connectivity index (χ4n) is 2.10. The van der Waals surface area contributed by atoms with Crippen LogP contribution in [0.15, 0.2) is 24.3 Å². The van der Waals surface area contributed by atoms with E-state index >= 15 is 0 Å². The van der Waals surface area contributed by atoms with Crippen LogP contribution < -0.4 is 5.32 Å². The largest absolute Gasteiger partial charge is 0.416 e. The first-order valence-electron chi connectivity index (χ1n) is 6.45. The topological polar surface area (TPSA) is 30.5 Å². The maximum atomic E-state index is 12.6. The Kier molecular flexibility index (Phi) is 4.36. The number of rotatable bonds is 4. The van der Waals surface area contributed by atoms with Gasteiger partial charge in [0.2, 0.25) is 0 Å². The number of benzene rings is 1. The van der Waals surface area contributed by atoms with Crippen molar-refractivity contribution in [2.24, 2.45) is 0 Å². The summed E-state index contributed by atoms with van der Waals surface area (Å²) in [5.41, 5.74) is -0.0311. The standard InChI is InChI=1S/C14H18F3NO2/c1-13(2)19-9-12(20-13)8-18-7-10-4-3-5-11(6-10)14(15,16)17/h3-6,12,18H,7-9H2,1-2H3. The van der Waals surface area contributed by atoms with Crippen molar-refractivity contribution >= 4 is 0 Å². The summed E-state index contributed by atoms with van der Waals surface area (Å²) < 4.78 is 48.7. The van der Waals surface area contributed by atoms with E-state index in [-0.39, 0.29) is 6.10 Å². The molecule has 112 valence electrons. The van der Waals surface area contributed by atoms with E-state index in [0.29, 0.717) is 25.3 Å². The zero-order valence-electron chi connectivity index (χ0n) is 11.5. The van der Waals surface area contributed by atoms with E-state index in [2.05, 4.69) is 5.32 Å². The van der Waals surface area contributed by atoms with E-state index in [9.17, 15) is 13.2 Å². The predicted molar refractivity (Wildman–Crippen MR) is 68.1 cm³/mol. The van der Waals surface area contributed by atoms with Crippen molar-refractivity contribution in [3.05, 3.63) is 35.4 Å². The smallest absolute Gasteiger partial charge is 0.348 e. The van der Waals surface area contributed by atoms with Crippen LogP contribution in [0.2, 0.25) is 0 Å². The molecule has 1 aliphatic heterocycles. The molecule has 1 heterocycles. The molecule has 1 saturated heterocycles. The zero-order valence-corrected chi connectivity index (χ0v) is 11.5. The average molecular weight is 289 g/mol. The highest BCUT2D eigenvalue weighted by molar-refractivity contribution is 5.25. The summed E-state index contributed by atoms with van der Waals surface area (Å²) in [6.07, 6.45) is -4.38. The van der Waals surface area contributed by atoms with E-state index in [1.54, 1.807) is 6.07 Å². The molecule has 20 heavy (non-hydrogen) atoms. The Balaban J connectivity index is 1.83. The maximum Gasteiger partial charge on any atom is 0.416 e. The molecule has 0 spiro atoms. The van der Waals surface area contributed by atoms with Gasteiger partial charge in [-0.25, -0.2) is 0 Å². The highest BCUT2D eigenvalue weighted by Gasteiger charge is 2.32. The molecule has 1 aliphatic rings. The summed E-state index contributed by atoms with van der Waals surface area (Å²) >= 11 is 0. The van der Waals surface area contributed by atoms with Crippen molar-refractivity contribution in [1.82, 2.24) is 5.32 Å². The molecule has 2 rings (SSSR count). The molecule has 1 atom stereocenters. The van der Waals surface area contributed by atoms with Crippen LogP contribution in [0.3, 0.4) is 0 Å². The monoisotopic (exact) mass is 289 g/mol. The first kappa shape index (κ1) is 15.3. The van der Waals surface area contributed by atoms with Crippen LogP contribution >= 0.6 is 0 Å². The molecule has 1 unspecified atom stereocenters. The molecule has 1 fully saturated rings. The summed E-state index contributed by atoms with van der Waals surface area (Å²) in [7, 11) is 0. The van der Waals surface area contributed by atoms with Gasteiger partial charge in [0.1, 0.15) is 0 Å². The van der Waals surface area contributed by atoms with Crippen molar-refractivity contribution in [1.29, 1.82) is 0 Å². The van der Waals surface area contributed by atoms with E-state index in [1.807, 2.05) is 13.8 Å². The van der Waals surface area contributed by atoms with Crippen LogP contribution in [-0.2, 0) is 22.2 Å². The Morgan fingerprint density at radius 1 is 1.35 bits per heavy atom. The van der Waals surface area contributed by atoms with Crippen LogP contribution in [0.4, 0.5) is 13.2 Å². The van der Waals surface area contributed by atoms with E-state index < -0.39 is 17.5 Å². The predicted octanol–water partition coefficient (Wildman–Crippen LogP) is 2.95. The second-order valence-electron chi connectivity index (χ2n) is 5.28. The molecular formula is C14H18F3NO2. The molecule has 6 heteroatoms.